The fourth-order valence-corrected chi connectivity index (χ4v) is 1.91. The van der Waals surface area contributed by atoms with Crippen molar-refractivity contribution in [1.29, 1.82) is 0 Å². The maximum Gasteiger partial charge on any atom is 0.0887 e. The van der Waals surface area contributed by atoms with Gasteiger partial charge in [-0.2, -0.15) is 0 Å². The second kappa shape index (κ2) is 4.08. The van der Waals surface area contributed by atoms with Crippen LogP contribution in [0.5, 0.6) is 0 Å². The second-order valence-corrected chi connectivity index (χ2v) is 4.75. The molecule has 0 fully saturated rings. The van der Waals surface area contributed by atoms with E-state index in [9.17, 15) is 0 Å². The van der Waals surface area contributed by atoms with Crippen LogP contribution in [0, 0.1) is 0 Å². The zero-order valence-electron chi connectivity index (χ0n) is 8.71. The summed E-state index contributed by atoms with van der Waals surface area (Å²) in [7, 11) is 6.95. The molecular formula is C11H22N+. The monoisotopic (exact) mass is 168 g/mol. The summed E-state index contributed by atoms with van der Waals surface area (Å²) in [6, 6.07) is 0.870. The third-order valence-corrected chi connectivity index (χ3v) is 2.84. The SMILES string of the molecule is C[N+](C)(C)C1CCC=CCCC1. The topological polar surface area (TPSA) is 0 Å². The maximum atomic E-state index is 2.35. The third-order valence-electron chi connectivity index (χ3n) is 2.84. The van der Waals surface area contributed by atoms with E-state index < -0.39 is 0 Å². The van der Waals surface area contributed by atoms with Gasteiger partial charge in [0.05, 0.1) is 27.2 Å². The Morgan fingerprint density at radius 2 is 1.67 bits per heavy atom. The van der Waals surface area contributed by atoms with Gasteiger partial charge in [0.1, 0.15) is 0 Å². The summed E-state index contributed by atoms with van der Waals surface area (Å²) in [6.07, 6.45) is 11.4. The fourth-order valence-electron chi connectivity index (χ4n) is 1.91. The van der Waals surface area contributed by atoms with Gasteiger partial charge in [-0.25, -0.2) is 0 Å². The molecule has 0 spiro atoms. The number of rotatable bonds is 1. The molecule has 0 N–H and O–H groups in total. The standard InChI is InChI=1S/C11H22N/c1-12(2,3)11-9-7-5-4-6-8-10-11/h4-5,11H,6-10H2,1-3H3/q+1. The van der Waals surface area contributed by atoms with Crippen molar-refractivity contribution in [3.8, 4) is 0 Å². The zero-order valence-corrected chi connectivity index (χ0v) is 8.71. The molecule has 0 aromatic rings. The Labute approximate surface area is 76.7 Å². The quantitative estimate of drug-likeness (QED) is 0.417. The molecule has 0 amide bonds. The molecule has 0 heterocycles. The summed E-state index contributed by atoms with van der Waals surface area (Å²) in [5, 5.41) is 0. The molecule has 1 atom stereocenters. The van der Waals surface area contributed by atoms with Crippen molar-refractivity contribution < 1.29 is 4.48 Å². The van der Waals surface area contributed by atoms with E-state index in [0.29, 0.717) is 0 Å². The minimum atomic E-state index is 0.870. The smallest absolute Gasteiger partial charge is 0.0887 e. The van der Waals surface area contributed by atoms with Gasteiger partial charge in [-0.05, 0) is 25.7 Å². The summed E-state index contributed by atoms with van der Waals surface area (Å²) in [6.45, 7) is 0. The summed E-state index contributed by atoms with van der Waals surface area (Å²) in [4.78, 5) is 0. The highest BCUT2D eigenvalue weighted by Gasteiger charge is 2.22. The Bertz CT molecular complexity index is 153. The molecule has 0 saturated heterocycles. The van der Waals surface area contributed by atoms with Gasteiger partial charge < -0.3 is 4.48 Å². The molecule has 70 valence electrons. The lowest BCUT2D eigenvalue weighted by atomic mass is 9.99. The van der Waals surface area contributed by atoms with Crippen LogP contribution in [0.25, 0.3) is 0 Å². The van der Waals surface area contributed by atoms with Crippen LogP contribution in [-0.2, 0) is 0 Å². The first kappa shape index (κ1) is 9.79. The van der Waals surface area contributed by atoms with Crippen LogP contribution in [-0.4, -0.2) is 31.7 Å². The van der Waals surface area contributed by atoms with Gasteiger partial charge in [0.2, 0.25) is 0 Å². The Morgan fingerprint density at radius 1 is 1.00 bits per heavy atom. The molecule has 0 aromatic carbocycles. The van der Waals surface area contributed by atoms with Crippen LogP contribution >= 0.6 is 0 Å². The van der Waals surface area contributed by atoms with Crippen LogP contribution in [0.3, 0.4) is 0 Å². The molecular weight excluding hydrogens is 146 g/mol. The molecule has 12 heavy (non-hydrogen) atoms. The highest BCUT2D eigenvalue weighted by molar-refractivity contribution is 4.85. The first-order valence-electron chi connectivity index (χ1n) is 5.07. The maximum absolute atomic E-state index is 2.35. The van der Waals surface area contributed by atoms with Crippen molar-refractivity contribution in [1.82, 2.24) is 0 Å². The molecule has 1 rings (SSSR count). The zero-order chi connectivity index (χ0) is 9.03. The number of hydrogen-bond acceptors (Lipinski definition) is 0. The second-order valence-electron chi connectivity index (χ2n) is 4.75. The minimum absolute atomic E-state index is 0.870. The largest absolute Gasteiger partial charge is 0.328 e. The number of quaternary nitrogens is 1. The molecule has 1 unspecified atom stereocenters. The summed E-state index contributed by atoms with van der Waals surface area (Å²) >= 11 is 0. The van der Waals surface area contributed by atoms with Crippen molar-refractivity contribution in [3.63, 3.8) is 0 Å². The first-order valence-corrected chi connectivity index (χ1v) is 5.07. The predicted octanol–water partition coefficient (Wildman–Crippen LogP) is 2.58. The van der Waals surface area contributed by atoms with E-state index in [2.05, 4.69) is 33.3 Å². The molecule has 1 nitrogen and oxygen atoms in total. The van der Waals surface area contributed by atoms with Crippen molar-refractivity contribution in [3.05, 3.63) is 12.2 Å². The van der Waals surface area contributed by atoms with Gasteiger partial charge in [0, 0.05) is 6.42 Å². The van der Waals surface area contributed by atoms with Crippen LogP contribution < -0.4 is 0 Å². The minimum Gasteiger partial charge on any atom is -0.328 e. The molecule has 0 aliphatic heterocycles. The molecule has 0 bridgehead atoms. The molecule has 0 aromatic heterocycles. The summed E-state index contributed by atoms with van der Waals surface area (Å²) in [5.41, 5.74) is 0. The van der Waals surface area contributed by atoms with E-state index in [0.717, 1.165) is 10.5 Å². The summed E-state index contributed by atoms with van der Waals surface area (Å²) in [5.74, 6) is 0. The first-order chi connectivity index (χ1) is 5.61. The fraction of sp³-hybridized carbons (Fsp3) is 0.818. The van der Waals surface area contributed by atoms with Crippen LogP contribution in [0.1, 0.15) is 32.1 Å². The van der Waals surface area contributed by atoms with Crippen molar-refractivity contribution in [2.45, 2.75) is 38.1 Å². The van der Waals surface area contributed by atoms with Crippen LogP contribution in [0.15, 0.2) is 12.2 Å². The van der Waals surface area contributed by atoms with Crippen molar-refractivity contribution >= 4 is 0 Å². The highest BCUT2D eigenvalue weighted by Crippen LogP contribution is 2.19. The van der Waals surface area contributed by atoms with Gasteiger partial charge in [-0.15, -0.1) is 0 Å². The van der Waals surface area contributed by atoms with E-state index in [1.807, 2.05) is 0 Å². The van der Waals surface area contributed by atoms with Gasteiger partial charge in [0.25, 0.3) is 0 Å². The van der Waals surface area contributed by atoms with Crippen LogP contribution in [0.2, 0.25) is 0 Å². The Morgan fingerprint density at radius 3 is 2.33 bits per heavy atom. The molecule has 1 aliphatic rings. The average Bonchev–Trinajstić information content (AvgIpc) is 1.81. The Kier molecular flexibility index (Phi) is 3.33. The van der Waals surface area contributed by atoms with Crippen molar-refractivity contribution in [2.75, 3.05) is 21.1 Å². The molecule has 1 heteroatoms. The number of hydrogen-bond donors (Lipinski definition) is 0. The average molecular weight is 168 g/mol. The lowest BCUT2D eigenvalue weighted by Gasteiger charge is -2.34. The Hall–Kier alpha value is -0.300. The van der Waals surface area contributed by atoms with Gasteiger partial charge in [-0.1, -0.05) is 12.2 Å². The molecule has 0 saturated carbocycles. The van der Waals surface area contributed by atoms with Gasteiger partial charge >= 0.3 is 0 Å². The lowest BCUT2D eigenvalue weighted by Crippen LogP contribution is -2.45. The molecule has 0 radical (unpaired) electrons. The third kappa shape index (κ3) is 2.98. The normalized spacial score (nSPS) is 26.4. The number of nitrogens with zero attached hydrogens (tertiary/aromatic N) is 1. The highest BCUT2D eigenvalue weighted by atomic mass is 15.3. The van der Waals surface area contributed by atoms with Gasteiger partial charge in [-0.3, -0.25) is 0 Å². The van der Waals surface area contributed by atoms with E-state index in [4.69, 9.17) is 0 Å². The lowest BCUT2D eigenvalue weighted by molar-refractivity contribution is -0.896. The predicted molar refractivity (Wildman–Crippen MR) is 54.0 cm³/mol. The van der Waals surface area contributed by atoms with Gasteiger partial charge in [0.15, 0.2) is 0 Å². The van der Waals surface area contributed by atoms with E-state index >= 15 is 0 Å². The number of allylic oxidation sites excluding steroid dienone is 2. The summed E-state index contributed by atoms with van der Waals surface area (Å²) < 4.78 is 1.13. The van der Waals surface area contributed by atoms with Crippen LogP contribution in [0.4, 0.5) is 0 Å². The van der Waals surface area contributed by atoms with E-state index in [-0.39, 0.29) is 0 Å². The van der Waals surface area contributed by atoms with E-state index in [1.165, 1.54) is 32.1 Å². The van der Waals surface area contributed by atoms with Crippen molar-refractivity contribution in [2.24, 2.45) is 0 Å². The Balaban J connectivity index is 2.48. The van der Waals surface area contributed by atoms with E-state index in [1.54, 1.807) is 0 Å². The molecule has 1 aliphatic carbocycles.